The standard InChI is InChI=1S/C20H14ClFN8O/c1-10-13(12-4-2-3-5-16(12)24-10)9-23-28-18-17(26-19-20(27-18)30-31-29-19)25-11-6-7-15(22)14(21)8-11/h2-9,24H,1H3,(H,25,26,29)(H,27,28,30). The van der Waals surface area contributed by atoms with Crippen LogP contribution in [-0.4, -0.2) is 31.5 Å². The number of halogens is 2. The topological polar surface area (TPSA) is 117 Å². The van der Waals surface area contributed by atoms with E-state index in [4.69, 9.17) is 16.2 Å². The molecule has 2 aromatic carbocycles. The van der Waals surface area contributed by atoms with Gasteiger partial charge in [0.1, 0.15) is 5.82 Å². The second-order valence-corrected chi connectivity index (χ2v) is 7.07. The molecule has 0 radical (unpaired) electrons. The summed E-state index contributed by atoms with van der Waals surface area (Å²) in [6.07, 6.45) is 1.69. The molecular formula is C20H14ClFN8O. The lowest BCUT2D eigenvalue weighted by molar-refractivity contribution is 0.314. The third kappa shape index (κ3) is 3.64. The summed E-state index contributed by atoms with van der Waals surface area (Å²) >= 11 is 5.87. The van der Waals surface area contributed by atoms with Crippen molar-refractivity contribution in [2.45, 2.75) is 6.92 Å². The van der Waals surface area contributed by atoms with Gasteiger partial charge in [0.05, 0.1) is 11.2 Å². The summed E-state index contributed by atoms with van der Waals surface area (Å²) in [5.41, 5.74) is 6.75. The van der Waals surface area contributed by atoms with Crippen LogP contribution in [0.15, 0.2) is 52.2 Å². The second kappa shape index (κ2) is 7.65. The second-order valence-electron chi connectivity index (χ2n) is 6.67. The smallest absolute Gasteiger partial charge is 0.245 e. The number of fused-ring (bicyclic) bond motifs is 2. The maximum atomic E-state index is 13.5. The van der Waals surface area contributed by atoms with Crippen molar-refractivity contribution in [3.63, 3.8) is 0 Å². The van der Waals surface area contributed by atoms with E-state index in [1.807, 2.05) is 31.2 Å². The molecular weight excluding hydrogens is 423 g/mol. The van der Waals surface area contributed by atoms with Crippen molar-refractivity contribution in [3.05, 3.63) is 64.6 Å². The molecule has 0 aliphatic rings. The number of hydrogen-bond donors (Lipinski definition) is 3. The minimum absolute atomic E-state index is 0.0236. The molecule has 0 fully saturated rings. The Hall–Kier alpha value is -4.05. The molecule has 31 heavy (non-hydrogen) atoms. The van der Waals surface area contributed by atoms with Crippen molar-refractivity contribution in [2.24, 2.45) is 5.10 Å². The monoisotopic (exact) mass is 436 g/mol. The number of aromatic nitrogens is 5. The molecule has 9 nitrogen and oxygen atoms in total. The van der Waals surface area contributed by atoms with Gasteiger partial charge >= 0.3 is 0 Å². The van der Waals surface area contributed by atoms with Gasteiger partial charge in [0, 0.05) is 27.8 Å². The molecule has 0 amide bonds. The summed E-state index contributed by atoms with van der Waals surface area (Å²) in [5.74, 6) is 0.0440. The fraction of sp³-hybridized carbons (Fsp3) is 0.0500. The molecule has 3 aromatic heterocycles. The Morgan fingerprint density at radius 2 is 1.87 bits per heavy atom. The number of aryl methyl sites for hydroxylation is 1. The van der Waals surface area contributed by atoms with Gasteiger partial charge in [-0.05, 0) is 41.5 Å². The number of nitrogens with one attached hydrogen (secondary N) is 3. The lowest BCUT2D eigenvalue weighted by Gasteiger charge is -2.09. The highest BCUT2D eigenvalue weighted by atomic mass is 35.5. The number of benzene rings is 2. The van der Waals surface area contributed by atoms with E-state index in [0.29, 0.717) is 11.5 Å². The van der Waals surface area contributed by atoms with Gasteiger partial charge in [0.25, 0.3) is 0 Å². The van der Waals surface area contributed by atoms with Crippen molar-refractivity contribution < 1.29 is 9.02 Å². The van der Waals surface area contributed by atoms with Crippen LogP contribution in [-0.2, 0) is 0 Å². The van der Waals surface area contributed by atoms with Crippen molar-refractivity contribution >= 4 is 57.3 Å². The Morgan fingerprint density at radius 1 is 1.10 bits per heavy atom. The number of nitrogens with zero attached hydrogens (tertiary/aromatic N) is 5. The van der Waals surface area contributed by atoms with Crippen LogP contribution in [0, 0.1) is 12.7 Å². The molecule has 154 valence electrons. The lowest BCUT2D eigenvalue weighted by atomic mass is 10.1. The van der Waals surface area contributed by atoms with Gasteiger partial charge in [-0.3, -0.25) is 5.43 Å². The van der Waals surface area contributed by atoms with Gasteiger partial charge in [0.2, 0.25) is 11.3 Å². The van der Waals surface area contributed by atoms with Crippen LogP contribution >= 0.6 is 11.6 Å². The van der Waals surface area contributed by atoms with Gasteiger partial charge in [-0.1, -0.05) is 29.8 Å². The van der Waals surface area contributed by atoms with Crippen LogP contribution < -0.4 is 10.7 Å². The Labute approximate surface area is 179 Å². The Bertz CT molecular complexity index is 1440. The predicted octanol–water partition coefficient (Wildman–Crippen LogP) is 4.78. The summed E-state index contributed by atoms with van der Waals surface area (Å²) in [4.78, 5) is 12.0. The van der Waals surface area contributed by atoms with E-state index >= 15 is 0 Å². The highest BCUT2D eigenvalue weighted by Gasteiger charge is 2.14. The molecule has 5 aromatic rings. The molecule has 0 atom stereocenters. The van der Waals surface area contributed by atoms with Crippen LogP contribution in [0.1, 0.15) is 11.3 Å². The number of rotatable bonds is 5. The molecule has 0 saturated carbocycles. The first-order valence-corrected chi connectivity index (χ1v) is 9.55. The predicted molar refractivity (Wildman–Crippen MR) is 116 cm³/mol. The van der Waals surface area contributed by atoms with Gasteiger partial charge in [-0.15, -0.1) is 0 Å². The molecule has 0 spiro atoms. The Morgan fingerprint density at radius 3 is 2.68 bits per heavy atom. The lowest BCUT2D eigenvalue weighted by Crippen LogP contribution is -2.03. The molecule has 0 saturated heterocycles. The van der Waals surface area contributed by atoms with Crippen molar-refractivity contribution in [3.8, 4) is 0 Å². The van der Waals surface area contributed by atoms with E-state index < -0.39 is 5.82 Å². The van der Waals surface area contributed by atoms with Gasteiger partial charge < -0.3 is 10.3 Å². The number of H-pyrrole nitrogens is 1. The molecule has 5 rings (SSSR count). The summed E-state index contributed by atoms with van der Waals surface area (Å²) in [6.45, 7) is 1.97. The van der Waals surface area contributed by atoms with E-state index in [0.717, 1.165) is 22.2 Å². The molecule has 0 bridgehead atoms. The normalized spacial score (nSPS) is 11.6. The molecule has 0 aliphatic carbocycles. The van der Waals surface area contributed by atoms with Crippen LogP contribution in [0.5, 0.6) is 0 Å². The Balaban J connectivity index is 1.48. The zero-order valence-electron chi connectivity index (χ0n) is 16.0. The van der Waals surface area contributed by atoms with Crippen molar-refractivity contribution in [1.29, 1.82) is 0 Å². The van der Waals surface area contributed by atoms with E-state index in [1.54, 1.807) is 6.21 Å². The highest BCUT2D eigenvalue weighted by Crippen LogP contribution is 2.27. The van der Waals surface area contributed by atoms with Crippen LogP contribution in [0.4, 0.5) is 21.7 Å². The molecule has 0 unspecified atom stereocenters. The zero-order valence-corrected chi connectivity index (χ0v) is 16.8. The number of hydrazone groups is 1. The number of aromatic amines is 1. The number of anilines is 3. The first kappa shape index (κ1) is 18.9. The van der Waals surface area contributed by atoms with Crippen molar-refractivity contribution in [1.82, 2.24) is 25.3 Å². The third-order valence-corrected chi connectivity index (χ3v) is 4.89. The SMILES string of the molecule is Cc1[nH]c2ccccc2c1C=NNc1nc2nonc2nc1Nc1ccc(F)c(Cl)c1. The number of para-hydroxylation sites is 1. The maximum Gasteiger partial charge on any atom is 0.245 e. The first-order chi connectivity index (χ1) is 15.1. The first-order valence-electron chi connectivity index (χ1n) is 9.17. The maximum absolute atomic E-state index is 13.5. The minimum Gasteiger partial charge on any atom is -0.358 e. The average Bonchev–Trinajstić information content (AvgIpc) is 3.34. The zero-order chi connectivity index (χ0) is 21.4. The van der Waals surface area contributed by atoms with Gasteiger partial charge in [-0.25, -0.2) is 14.0 Å². The average molecular weight is 437 g/mol. The van der Waals surface area contributed by atoms with Crippen LogP contribution in [0.25, 0.3) is 22.2 Å². The minimum atomic E-state index is -0.522. The van der Waals surface area contributed by atoms with Gasteiger partial charge in [0.15, 0.2) is 11.6 Å². The molecule has 3 heterocycles. The quantitative estimate of drug-likeness (QED) is 0.268. The molecule has 11 heteroatoms. The van der Waals surface area contributed by atoms with Crippen LogP contribution in [0.3, 0.4) is 0 Å². The summed E-state index contributed by atoms with van der Waals surface area (Å²) in [6, 6.07) is 12.2. The summed E-state index contributed by atoms with van der Waals surface area (Å²) < 4.78 is 18.2. The molecule has 3 N–H and O–H groups in total. The van der Waals surface area contributed by atoms with Crippen LogP contribution in [0.2, 0.25) is 5.02 Å². The fourth-order valence-electron chi connectivity index (χ4n) is 3.14. The number of hydrogen-bond acceptors (Lipinski definition) is 8. The highest BCUT2D eigenvalue weighted by molar-refractivity contribution is 6.31. The fourth-order valence-corrected chi connectivity index (χ4v) is 3.32. The van der Waals surface area contributed by atoms with E-state index in [1.165, 1.54) is 18.2 Å². The third-order valence-electron chi connectivity index (χ3n) is 4.60. The van der Waals surface area contributed by atoms with E-state index in [-0.39, 0.29) is 22.1 Å². The molecule has 0 aliphatic heterocycles. The van der Waals surface area contributed by atoms with Gasteiger partial charge in [-0.2, -0.15) is 10.1 Å². The largest absolute Gasteiger partial charge is 0.358 e. The summed E-state index contributed by atoms with van der Waals surface area (Å²) in [7, 11) is 0. The van der Waals surface area contributed by atoms with E-state index in [9.17, 15) is 4.39 Å². The summed E-state index contributed by atoms with van der Waals surface area (Å²) in [5, 5.41) is 15.8. The van der Waals surface area contributed by atoms with E-state index in [2.05, 4.69) is 41.1 Å². The van der Waals surface area contributed by atoms with Crippen molar-refractivity contribution in [2.75, 3.05) is 10.7 Å². The Kier molecular flexibility index (Phi) is 4.68.